The van der Waals surface area contributed by atoms with Crippen LogP contribution in [0.5, 0.6) is 11.5 Å². The molecule has 0 heterocycles. The van der Waals surface area contributed by atoms with Gasteiger partial charge >= 0.3 is 0 Å². The van der Waals surface area contributed by atoms with Crippen LogP contribution in [-0.2, 0) is 0 Å². The molecule has 92 valence electrons. The number of hydrogen-bond donors (Lipinski definition) is 2. The lowest BCUT2D eigenvalue weighted by molar-refractivity contribution is 0.107. The van der Waals surface area contributed by atoms with E-state index in [4.69, 9.17) is 23.2 Å². The van der Waals surface area contributed by atoms with E-state index < -0.39 is 10.5 Å². The third kappa shape index (κ3) is 1.89. The van der Waals surface area contributed by atoms with E-state index in [1.165, 1.54) is 24.3 Å². The summed E-state index contributed by atoms with van der Waals surface area (Å²) < 4.78 is 0. The third-order valence-corrected chi connectivity index (χ3v) is 2.93. The number of hydrogen-bond acceptors (Lipinski definition) is 4. The molecule has 0 aliphatic heterocycles. The molecular formula is C12H6Cl2O4. The Kier molecular flexibility index (Phi) is 3.15. The third-order valence-electron chi connectivity index (χ3n) is 2.55. The van der Waals surface area contributed by atoms with Crippen molar-refractivity contribution < 1.29 is 19.8 Å². The number of aromatic hydroxyl groups is 2. The molecule has 2 aromatic carbocycles. The van der Waals surface area contributed by atoms with E-state index in [9.17, 15) is 19.8 Å². The molecule has 0 saturated carbocycles. The quantitative estimate of drug-likeness (QED) is 0.832. The normalized spacial score (nSPS) is 10.6. The van der Waals surface area contributed by atoms with E-state index in [1.807, 2.05) is 0 Å². The molecule has 6 heteroatoms. The van der Waals surface area contributed by atoms with E-state index in [2.05, 4.69) is 0 Å². The predicted octanol–water partition coefficient (Wildman–Crippen LogP) is 3.01. The maximum Gasteiger partial charge on any atom is 0.256 e. The van der Waals surface area contributed by atoms with E-state index in [0.29, 0.717) is 0 Å². The predicted molar refractivity (Wildman–Crippen MR) is 67.6 cm³/mol. The van der Waals surface area contributed by atoms with E-state index in [1.54, 1.807) is 0 Å². The Morgan fingerprint density at radius 3 is 1.39 bits per heavy atom. The lowest BCUT2D eigenvalue weighted by Gasteiger charge is -2.09. The number of phenolic OH excluding ortho intramolecular Hbond substituents is 2. The Labute approximate surface area is 111 Å². The van der Waals surface area contributed by atoms with Crippen LogP contribution in [0.4, 0.5) is 0 Å². The first-order chi connectivity index (χ1) is 8.43. The lowest BCUT2D eigenvalue weighted by Crippen LogP contribution is -1.97. The Hall–Kier alpha value is -1.78. The number of benzene rings is 2. The minimum atomic E-state index is -0.864. The molecular weight excluding hydrogens is 279 g/mol. The van der Waals surface area contributed by atoms with Crippen molar-refractivity contribution in [2.75, 3.05) is 0 Å². The Morgan fingerprint density at radius 1 is 0.778 bits per heavy atom. The summed E-state index contributed by atoms with van der Waals surface area (Å²) in [5, 5.41) is 17.9. The molecule has 2 rings (SSSR count). The molecule has 0 unspecified atom stereocenters. The van der Waals surface area contributed by atoms with Crippen LogP contribution in [0, 0.1) is 0 Å². The smallest absolute Gasteiger partial charge is 0.256 e. The van der Waals surface area contributed by atoms with Gasteiger partial charge in [0.25, 0.3) is 10.5 Å². The number of halogens is 2. The van der Waals surface area contributed by atoms with Crippen molar-refractivity contribution in [2.45, 2.75) is 0 Å². The molecule has 2 N–H and O–H groups in total. The SMILES string of the molecule is O=C(Cl)c1c(O)ccc2c(C(=O)Cl)c(O)ccc12. The number of fused-ring (bicyclic) bond motifs is 1. The van der Waals surface area contributed by atoms with Crippen LogP contribution in [0.3, 0.4) is 0 Å². The summed E-state index contributed by atoms with van der Waals surface area (Å²) in [5.74, 6) is -0.609. The fourth-order valence-corrected chi connectivity index (χ4v) is 2.19. The van der Waals surface area contributed by atoms with Gasteiger partial charge in [-0.15, -0.1) is 0 Å². The second-order valence-corrected chi connectivity index (χ2v) is 4.25. The van der Waals surface area contributed by atoms with Crippen molar-refractivity contribution in [3.05, 3.63) is 35.4 Å². The Bertz CT molecular complexity index is 620. The Morgan fingerprint density at radius 2 is 1.11 bits per heavy atom. The molecule has 0 radical (unpaired) electrons. The van der Waals surface area contributed by atoms with Gasteiger partial charge < -0.3 is 10.2 Å². The molecule has 0 amide bonds. The molecule has 0 aromatic heterocycles. The number of carbonyl (C=O) groups is 2. The standard InChI is InChI=1S/C12H6Cl2O4/c13-11(17)9-5-1-3-7(15)10(12(14)18)6(5)2-4-8(9)16/h1-4,15-16H. The minimum Gasteiger partial charge on any atom is -0.507 e. The summed E-state index contributed by atoms with van der Waals surface area (Å²) in [4.78, 5) is 22.5. The largest absolute Gasteiger partial charge is 0.507 e. The van der Waals surface area contributed by atoms with E-state index in [-0.39, 0.29) is 33.4 Å². The van der Waals surface area contributed by atoms with Gasteiger partial charge in [-0.1, -0.05) is 0 Å². The molecule has 0 bridgehead atoms. The van der Waals surface area contributed by atoms with Crippen LogP contribution < -0.4 is 0 Å². The minimum absolute atomic E-state index is 0.131. The molecule has 18 heavy (non-hydrogen) atoms. The highest BCUT2D eigenvalue weighted by Gasteiger charge is 2.19. The zero-order chi connectivity index (χ0) is 13.4. The first-order valence-corrected chi connectivity index (χ1v) is 5.56. The zero-order valence-corrected chi connectivity index (χ0v) is 10.3. The summed E-state index contributed by atoms with van der Waals surface area (Å²) in [7, 11) is 0. The van der Waals surface area contributed by atoms with Gasteiger partial charge in [-0.2, -0.15) is 0 Å². The van der Waals surface area contributed by atoms with E-state index in [0.717, 1.165) is 0 Å². The molecule has 0 aliphatic carbocycles. The fraction of sp³-hybridized carbons (Fsp3) is 0. The van der Waals surface area contributed by atoms with Crippen molar-refractivity contribution in [1.82, 2.24) is 0 Å². The topological polar surface area (TPSA) is 74.6 Å². The van der Waals surface area contributed by atoms with Crippen LogP contribution in [0.1, 0.15) is 20.7 Å². The van der Waals surface area contributed by atoms with Gasteiger partial charge in [-0.25, -0.2) is 0 Å². The molecule has 0 saturated heterocycles. The summed E-state index contributed by atoms with van der Waals surface area (Å²) in [5.41, 5.74) is -0.262. The zero-order valence-electron chi connectivity index (χ0n) is 8.78. The number of carbonyl (C=O) groups excluding carboxylic acids is 2. The maximum atomic E-state index is 11.3. The van der Waals surface area contributed by atoms with Crippen molar-refractivity contribution in [3.63, 3.8) is 0 Å². The molecule has 0 fully saturated rings. The molecule has 2 aromatic rings. The van der Waals surface area contributed by atoms with Crippen LogP contribution >= 0.6 is 23.2 Å². The first-order valence-electron chi connectivity index (χ1n) is 4.80. The second kappa shape index (κ2) is 4.48. The van der Waals surface area contributed by atoms with Gasteiger partial charge in [-0.05, 0) is 58.2 Å². The first kappa shape index (κ1) is 12.7. The van der Waals surface area contributed by atoms with Crippen LogP contribution in [0.25, 0.3) is 10.8 Å². The molecule has 0 aliphatic rings. The average Bonchev–Trinajstić information content (AvgIpc) is 2.27. The monoisotopic (exact) mass is 284 g/mol. The van der Waals surface area contributed by atoms with Gasteiger partial charge in [0.15, 0.2) is 0 Å². The number of rotatable bonds is 2. The van der Waals surface area contributed by atoms with Crippen LogP contribution in [0.2, 0.25) is 0 Å². The number of phenols is 2. The van der Waals surface area contributed by atoms with Crippen molar-refractivity contribution in [2.24, 2.45) is 0 Å². The molecule has 0 spiro atoms. The highest BCUT2D eigenvalue weighted by molar-refractivity contribution is 6.70. The Balaban J connectivity index is 2.98. The fourth-order valence-electron chi connectivity index (χ4n) is 1.80. The summed E-state index contributed by atoms with van der Waals surface area (Å²) in [6.07, 6.45) is 0. The molecule has 0 atom stereocenters. The van der Waals surface area contributed by atoms with Gasteiger partial charge in [0.1, 0.15) is 11.5 Å². The lowest BCUT2D eigenvalue weighted by atomic mass is 9.99. The van der Waals surface area contributed by atoms with Crippen molar-refractivity contribution in [3.8, 4) is 11.5 Å². The van der Waals surface area contributed by atoms with Crippen molar-refractivity contribution in [1.29, 1.82) is 0 Å². The van der Waals surface area contributed by atoms with Crippen molar-refractivity contribution >= 4 is 44.5 Å². The second-order valence-electron chi connectivity index (χ2n) is 3.56. The highest BCUT2D eigenvalue weighted by atomic mass is 35.5. The van der Waals surface area contributed by atoms with Gasteiger partial charge in [0.05, 0.1) is 11.1 Å². The van der Waals surface area contributed by atoms with Gasteiger partial charge in [0, 0.05) is 0 Å². The summed E-state index contributed by atoms with van der Waals surface area (Å²) >= 11 is 10.8. The highest BCUT2D eigenvalue weighted by Crippen LogP contribution is 2.34. The maximum absolute atomic E-state index is 11.3. The molecule has 4 nitrogen and oxygen atoms in total. The summed E-state index contributed by atoms with van der Waals surface area (Å²) in [6, 6.07) is 5.17. The van der Waals surface area contributed by atoms with Crippen LogP contribution in [0.15, 0.2) is 24.3 Å². The summed E-state index contributed by atoms with van der Waals surface area (Å²) in [6.45, 7) is 0. The van der Waals surface area contributed by atoms with Crippen LogP contribution in [-0.4, -0.2) is 20.7 Å². The van der Waals surface area contributed by atoms with E-state index >= 15 is 0 Å². The van der Waals surface area contributed by atoms with Gasteiger partial charge in [0.2, 0.25) is 0 Å². The van der Waals surface area contributed by atoms with Gasteiger partial charge in [-0.3, -0.25) is 9.59 Å². The average molecular weight is 285 g/mol.